The third kappa shape index (κ3) is 13.3. The average Bonchev–Trinajstić information content (AvgIpc) is 3.93. The summed E-state index contributed by atoms with van der Waals surface area (Å²) in [5.41, 5.74) is 19.0. The van der Waals surface area contributed by atoms with Gasteiger partial charge in [-0.1, -0.05) is 241 Å². The summed E-state index contributed by atoms with van der Waals surface area (Å²) >= 11 is 1.36. The van der Waals surface area contributed by atoms with E-state index in [0.717, 1.165) is 11.8 Å². The van der Waals surface area contributed by atoms with Gasteiger partial charge in [0.05, 0.1) is 0 Å². The fourth-order valence-electron chi connectivity index (χ4n) is 10.3. The molecule has 2 fully saturated rings. The van der Waals surface area contributed by atoms with E-state index in [2.05, 4.69) is 180 Å². The Morgan fingerprint density at radius 2 is 0.652 bits per heavy atom. The molecule has 0 amide bonds. The quantitative estimate of drug-likeness (QED) is 0.105. The van der Waals surface area contributed by atoms with Crippen LogP contribution in [-0.2, 0) is 36.2 Å². The van der Waals surface area contributed by atoms with E-state index >= 15 is 0 Å². The van der Waals surface area contributed by atoms with Gasteiger partial charge in [-0.25, -0.2) is 0 Å². The van der Waals surface area contributed by atoms with Crippen molar-refractivity contribution in [1.29, 1.82) is 0 Å². The predicted molar refractivity (Wildman–Crippen MR) is 293 cm³/mol. The van der Waals surface area contributed by atoms with E-state index in [0.29, 0.717) is 0 Å². The van der Waals surface area contributed by atoms with Crippen molar-refractivity contribution in [1.82, 2.24) is 0 Å². The van der Waals surface area contributed by atoms with Gasteiger partial charge in [-0.05, 0) is 63.5 Å². The maximum absolute atomic E-state index is 3.06. The molecule has 344 valence electrons. The van der Waals surface area contributed by atoms with Crippen LogP contribution in [0.25, 0.3) is 66.1 Å². The van der Waals surface area contributed by atoms with E-state index in [4.69, 9.17) is 0 Å². The van der Waals surface area contributed by atoms with Crippen molar-refractivity contribution in [3.63, 3.8) is 0 Å². The molecule has 2 saturated carbocycles. The summed E-state index contributed by atoms with van der Waals surface area (Å²) in [6, 6.07) is 55.2. The third-order valence-electron chi connectivity index (χ3n) is 13.8. The molecule has 66 heavy (non-hydrogen) atoms. The summed E-state index contributed by atoms with van der Waals surface area (Å²) in [4.78, 5) is 0. The molecule has 2 radical (unpaired) electrons. The molecule has 0 saturated heterocycles. The first-order valence-corrected chi connectivity index (χ1v) is 27.5. The van der Waals surface area contributed by atoms with E-state index in [1.54, 1.807) is 0 Å². The summed E-state index contributed by atoms with van der Waals surface area (Å²) in [5.74, 6) is 1.72. The molecule has 0 atom stereocenters. The zero-order valence-electron chi connectivity index (χ0n) is 40.3. The van der Waals surface area contributed by atoms with Crippen LogP contribution < -0.4 is 0 Å². The van der Waals surface area contributed by atoms with Crippen molar-refractivity contribution in [3.05, 3.63) is 194 Å². The Hall–Kier alpha value is -3.78. The van der Waals surface area contributed by atoms with Crippen LogP contribution in [0.3, 0.4) is 0 Å². The van der Waals surface area contributed by atoms with Crippen LogP contribution in [0.1, 0.15) is 97.6 Å². The van der Waals surface area contributed by atoms with Crippen molar-refractivity contribution in [3.8, 4) is 44.5 Å². The molecule has 0 heterocycles. The van der Waals surface area contributed by atoms with Crippen LogP contribution in [0.4, 0.5) is 0 Å². The van der Waals surface area contributed by atoms with E-state index < -0.39 is 0 Å². The summed E-state index contributed by atoms with van der Waals surface area (Å²) < 4.78 is 0. The fourth-order valence-corrected chi connectivity index (χ4v) is 10.3. The van der Waals surface area contributed by atoms with Gasteiger partial charge in [0.25, 0.3) is 0 Å². The molecule has 0 spiro atoms. The molecular weight excluding hydrogens is 935 g/mol. The minimum absolute atomic E-state index is 0. The van der Waals surface area contributed by atoms with Gasteiger partial charge in [0.15, 0.2) is 0 Å². The van der Waals surface area contributed by atoms with Crippen LogP contribution in [0.2, 0.25) is 0 Å². The van der Waals surface area contributed by atoms with Crippen LogP contribution >= 0.6 is 24.8 Å². The van der Waals surface area contributed by atoms with Crippen molar-refractivity contribution < 1.29 is 23.3 Å². The van der Waals surface area contributed by atoms with E-state index in [1.807, 2.05) is 0 Å². The normalized spacial score (nSPS) is 13.7. The Morgan fingerprint density at radius 3 is 0.939 bits per heavy atom. The monoisotopic (exact) mass is 1000 g/mol. The Bertz CT molecular complexity index is 2340. The average molecular weight is 1010 g/mol. The van der Waals surface area contributed by atoms with Gasteiger partial charge in [-0.2, -0.15) is 12.1 Å². The molecule has 0 aliphatic heterocycles. The molecule has 0 bridgehead atoms. The summed E-state index contributed by atoms with van der Waals surface area (Å²) in [7, 11) is 0. The molecule has 0 N–H and O–H groups in total. The van der Waals surface area contributed by atoms with E-state index in [1.165, 1.54) is 200 Å². The molecule has 8 aromatic carbocycles. The standard InChI is InChI=1S/2C30H31.2CH3.2ClH.Si.Zr/c2*1-21-8-12-25(13-9-21)27-16-17-28(26-14-10-22(2)11-15-26)30-20-24(19-29(27)30)18-23-6-4-3-5-7-23;;;;;;/h2*8-17,19-20,23H,3-7,18H2,1-2H3;2*1H3;2*1H;;/q4*-1;;;;. The number of hydrogen-bond acceptors (Lipinski definition) is 0. The third-order valence-corrected chi connectivity index (χ3v) is 13.8. The van der Waals surface area contributed by atoms with Crippen molar-refractivity contribution in [2.45, 2.75) is 105 Å². The Labute approximate surface area is 428 Å². The molecule has 10 rings (SSSR count). The van der Waals surface area contributed by atoms with Crippen LogP contribution in [0.5, 0.6) is 0 Å². The minimum atomic E-state index is 0. The number of fused-ring (bicyclic) bond motifs is 2. The molecular formula is C62H70Cl2SiZr-4. The van der Waals surface area contributed by atoms with Gasteiger partial charge in [-0.3, -0.25) is 0 Å². The topological polar surface area (TPSA) is 0 Å². The van der Waals surface area contributed by atoms with Gasteiger partial charge in [-0.15, -0.1) is 69.6 Å². The van der Waals surface area contributed by atoms with Crippen LogP contribution in [0, 0.1) is 54.4 Å². The molecule has 2 aliphatic carbocycles. The first-order chi connectivity index (χ1) is 30.3. The summed E-state index contributed by atoms with van der Waals surface area (Å²) in [5, 5.41) is 5.62. The Balaban J connectivity index is 0.000000263. The number of rotatable bonds is 8. The second-order valence-corrected chi connectivity index (χ2v) is 18.6. The summed E-state index contributed by atoms with van der Waals surface area (Å²) in [6.45, 7) is 11.7. The van der Waals surface area contributed by atoms with Gasteiger partial charge in [0.1, 0.15) is 0 Å². The van der Waals surface area contributed by atoms with E-state index in [9.17, 15) is 0 Å². The van der Waals surface area contributed by atoms with Gasteiger partial charge < -0.3 is 14.9 Å². The molecule has 0 nitrogen and oxygen atoms in total. The second kappa shape index (κ2) is 26.1. The maximum atomic E-state index is 3.06. The number of hydrogen-bond donors (Lipinski definition) is 0. The number of aryl methyl sites for hydroxylation is 4. The molecule has 2 aliphatic rings. The van der Waals surface area contributed by atoms with Crippen molar-refractivity contribution in [2.75, 3.05) is 0 Å². The Morgan fingerprint density at radius 1 is 0.394 bits per heavy atom. The first-order valence-electron chi connectivity index (χ1n) is 23.3. The second-order valence-electron chi connectivity index (χ2n) is 18.6. The first kappa shape index (κ1) is 54.8. The number of benzene rings is 6. The summed E-state index contributed by atoms with van der Waals surface area (Å²) in [6.07, 6.45) is 16.6. The SMILES string of the molecule is Cc1ccc(-c2ccc(-c3ccc(C)cc3)c3[cH-]c(CC4CCCCC4)cc23)cc1.Cc1ccc(-c2ccc(-c3ccc(C)cc3)c3[cH-]c(CC4CCCCC4)cc23)cc1.Cl.Cl.[CH3-].[CH3-].[Si]=[Zr]. The molecule has 8 aromatic rings. The number of halogens is 2. The van der Waals surface area contributed by atoms with Crippen LogP contribution in [0.15, 0.2) is 146 Å². The van der Waals surface area contributed by atoms with Crippen molar-refractivity contribution in [2.24, 2.45) is 11.8 Å². The molecule has 0 unspecified atom stereocenters. The van der Waals surface area contributed by atoms with Gasteiger partial charge >= 0.3 is 30.2 Å². The van der Waals surface area contributed by atoms with Crippen LogP contribution in [-0.4, -0.2) is 6.88 Å². The molecule has 4 heteroatoms. The fraction of sp³-hybridized carbons (Fsp3) is 0.290. The van der Waals surface area contributed by atoms with Crippen molar-refractivity contribution >= 4 is 53.2 Å². The predicted octanol–water partition coefficient (Wildman–Crippen LogP) is 18.6. The Kier molecular flexibility index (Phi) is 21.7. The molecule has 0 aromatic heterocycles. The van der Waals surface area contributed by atoms with Gasteiger partial charge in [0, 0.05) is 0 Å². The zero-order valence-corrected chi connectivity index (χ0v) is 45.4. The van der Waals surface area contributed by atoms with Gasteiger partial charge in [0.2, 0.25) is 0 Å². The zero-order chi connectivity index (χ0) is 43.0. The van der Waals surface area contributed by atoms with E-state index in [-0.39, 0.29) is 39.7 Å².